The van der Waals surface area contributed by atoms with Crippen LogP contribution < -0.4 is 0 Å². The minimum absolute atomic E-state index is 0.00848. The van der Waals surface area contributed by atoms with Crippen LogP contribution in [0.3, 0.4) is 0 Å². The molecule has 3 saturated carbocycles. The van der Waals surface area contributed by atoms with Crippen LogP contribution in [0.1, 0.15) is 90.4 Å². The predicted molar refractivity (Wildman–Crippen MR) is 113 cm³/mol. The zero-order valence-corrected chi connectivity index (χ0v) is 18.8. The van der Waals surface area contributed by atoms with Crippen LogP contribution in [0.25, 0.3) is 0 Å². The molecule has 1 nitrogen and oxygen atoms in total. The molecular formula is C25H39F5O. The third kappa shape index (κ3) is 6.83. The Hall–Kier alpha value is -0.810. The molecule has 0 N–H and O–H groups in total. The number of ether oxygens (including phenoxy) is 1. The first-order chi connectivity index (χ1) is 14.9. The molecule has 0 bridgehead atoms. The van der Waals surface area contributed by atoms with Crippen LogP contribution in [-0.2, 0) is 4.74 Å². The van der Waals surface area contributed by atoms with Crippen molar-refractivity contribution in [1.82, 2.24) is 0 Å². The molecule has 5 unspecified atom stereocenters. The van der Waals surface area contributed by atoms with Crippen molar-refractivity contribution in [3.05, 3.63) is 12.3 Å². The van der Waals surface area contributed by atoms with Gasteiger partial charge in [-0.1, -0.05) is 45.4 Å². The topological polar surface area (TPSA) is 9.23 Å². The smallest absolute Gasteiger partial charge is 0.304 e. The molecule has 180 valence electrons. The van der Waals surface area contributed by atoms with E-state index in [1.54, 1.807) is 0 Å². The summed E-state index contributed by atoms with van der Waals surface area (Å²) in [6.45, 7) is 2.23. The lowest BCUT2D eigenvalue weighted by atomic mass is 9.64. The fourth-order valence-corrected chi connectivity index (χ4v) is 6.58. The standard InChI is InChI=1S/C25H39F5O/c1-2-3-4-5-16-6-8-17(9-7-16)18-10-11-20(21(26)12-18)19-13-22(27)25(23(28)14-19)31-15-24(29)30/h15-23,25H,2-14H2,1H3. The molecule has 0 aromatic rings. The largest absolute Gasteiger partial charge is 0.486 e. The number of unbranched alkanes of at least 4 members (excludes halogenated alkanes) is 2. The molecule has 5 atom stereocenters. The van der Waals surface area contributed by atoms with Gasteiger partial charge in [-0.2, -0.15) is 8.78 Å². The van der Waals surface area contributed by atoms with Crippen LogP contribution in [0.5, 0.6) is 0 Å². The predicted octanol–water partition coefficient (Wildman–Crippen LogP) is 8.34. The quantitative estimate of drug-likeness (QED) is 0.205. The number of hydrogen-bond acceptors (Lipinski definition) is 1. The minimum Gasteiger partial charge on any atom is -0.486 e. The van der Waals surface area contributed by atoms with Crippen molar-refractivity contribution < 1.29 is 26.7 Å². The van der Waals surface area contributed by atoms with Gasteiger partial charge in [-0.25, -0.2) is 13.2 Å². The Morgan fingerprint density at radius 3 is 1.97 bits per heavy atom. The summed E-state index contributed by atoms with van der Waals surface area (Å²) >= 11 is 0. The third-order valence-electron chi connectivity index (χ3n) is 8.33. The van der Waals surface area contributed by atoms with Crippen LogP contribution in [0.15, 0.2) is 12.3 Å². The van der Waals surface area contributed by atoms with Gasteiger partial charge in [-0.05, 0) is 74.5 Å². The molecule has 0 aromatic carbocycles. The highest BCUT2D eigenvalue weighted by molar-refractivity contribution is 4.96. The van der Waals surface area contributed by atoms with Crippen molar-refractivity contribution >= 4 is 0 Å². The van der Waals surface area contributed by atoms with Gasteiger partial charge in [0.15, 0.2) is 6.10 Å². The van der Waals surface area contributed by atoms with Crippen LogP contribution >= 0.6 is 0 Å². The van der Waals surface area contributed by atoms with Crippen molar-refractivity contribution in [3.63, 3.8) is 0 Å². The van der Waals surface area contributed by atoms with Crippen LogP contribution in [0.4, 0.5) is 22.0 Å². The van der Waals surface area contributed by atoms with Crippen molar-refractivity contribution in [2.75, 3.05) is 0 Å². The maximum Gasteiger partial charge on any atom is 0.304 e. The second kappa shape index (κ2) is 11.9. The molecule has 6 heteroatoms. The average molecular weight is 451 g/mol. The highest BCUT2D eigenvalue weighted by Gasteiger charge is 2.46. The number of hydrogen-bond donors (Lipinski definition) is 0. The van der Waals surface area contributed by atoms with Gasteiger partial charge in [-0.15, -0.1) is 0 Å². The molecule has 0 heterocycles. The van der Waals surface area contributed by atoms with E-state index in [0.29, 0.717) is 24.7 Å². The van der Waals surface area contributed by atoms with Crippen molar-refractivity contribution in [3.8, 4) is 0 Å². The van der Waals surface area contributed by atoms with Gasteiger partial charge in [0.1, 0.15) is 24.8 Å². The number of alkyl halides is 3. The summed E-state index contributed by atoms with van der Waals surface area (Å²) in [5.74, 6) is 1.11. The summed E-state index contributed by atoms with van der Waals surface area (Å²) in [5.41, 5.74) is 0. The maximum atomic E-state index is 15.1. The van der Waals surface area contributed by atoms with Gasteiger partial charge < -0.3 is 4.74 Å². The Bertz CT molecular complexity index is 546. The first-order valence-corrected chi connectivity index (χ1v) is 12.5. The van der Waals surface area contributed by atoms with E-state index in [1.807, 2.05) is 0 Å². The van der Waals surface area contributed by atoms with E-state index in [0.717, 1.165) is 12.3 Å². The molecular weight excluding hydrogens is 411 g/mol. The monoisotopic (exact) mass is 450 g/mol. The minimum atomic E-state index is -2.11. The van der Waals surface area contributed by atoms with Gasteiger partial charge in [0.25, 0.3) is 0 Å². The SMILES string of the molecule is CCCCCC1CCC(C2CCC(C3CC(F)C(OC=C(F)F)C(F)C3)C(F)C2)CC1. The highest BCUT2D eigenvalue weighted by Crippen LogP contribution is 2.47. The van der Waals surface area contributed by atoms with Gasteiger partial charge >= 0.3 is 6.08 Å². The molecule has 0 aliphatic heterocycles. The fourth-order valence-electron chi connectivity index (χ4n) is 6.58. The van der Waals surface area contributed by atoms with E-state index in [1.165, 1.54) is 51.4 Å². The van der Waals surface area contributed by atoms with Crippen molar-refractivity contribution in [1.29, 1.82) is 0 Å². The molecule has 3 aliphatic rings. The Morgan fingerprint density at radius 1 is 0.774 bits per heavy atom. The summed E-state index contributed by atoms with van der Waals surface area (Å²) < 4.78 is 73.0. The Morgan fingerprint density at radius 2 is 1.39 bits per heavy atom. The lowest BCUT2D eigenvalue weighted by Crippen LogP contribution is -2.45. The Balaban J connectivity index is 1.45. The Kier molecular flexibility index (Phi) is 9.51. The fraction of sp³-hybridized carbons (Fsp3) is 0.920. The first-order valence-electron chi connectivity index (χ1n) is 12.5. The molecule has 3 fully saturated rings. The van der Waals surface area contributed by atoms with Crippen molar-refractivity contribution in [2.24, 2.45) is 29.6 Å². The lowest BCUT2D eigenvalue weighted by molar-refractivity contribution is -0.0692. The van der Waals surface area contributed by atoms with Gasteiger partial charge in [0.05, 0.1) is 0 Å². The molecule has 31 heavy (non-hydrogen) atoms. The van der Waals surface area contributed by atoms with Crippen molar-refractivity contribution in [2.45, 2.75) is 115 Å². The van der Waals surface area contributed by atoms with E-state index in [2.05, 4.69) is 11.7 Å². The summed E-state index contributed by atoms with van der Waals surface area (Å²) in [6.07, 6.45) is 4.33. The van der Waals surface area contributed by atoms with Crippen LogP contribution in [0, 0.1) is 29.6 Å². The molecule has 0 spiro atoms. The van der Waals surface area contributed by atoms with Gasteiger partial charge in [-0.3, -0.25) is 0 Å². The van der Waals surface area contributed by atoms with E-state index >= 15 is 4.39 Å². The number of rotatable bonds is 8. The van der Waals surface area contributed by atoms with Crippen LogP contribution in [-0.4, -0.2) is 24.6 Å². The molecule has 0 saturated heterocycles. The van der Waals surface area contributed by atoms with Gasteiger partial charge in [0.2, 0.25) is 0 Å². The van der Waals surface area contributed by atoms with E-state index in [4.69, 9.17) is 0 Å². The molecule has 0 amide bonds. The van der Waals surface area contributed by atoms with E-state index in [-0.39, 0.29) is 30.9 Å². The zero-order valence-electron chi connectivity index (χ0n) is 18.8. The molecule has 0 radical (unpaired) electrons. The molecule has 3 rings (SSSR count). The number of halogens is 5. The van der Waals surface area contributed by atoms with E-state index < -0.39 is 30.7 Å². The lowest BCUT2D eigenvalue weighted by Gasteiger charge is -2.44. The first kappa shape index (κ1) is 24.8. The maximum absolute atomic E-state index is 15.1. The second-order valence-corrected chi connectivity index (χ2v) is 10.3. The summed E-state index contributed by atoms with van der Waals surface area (Å²) in [4.78, 5) is 0. The van der Waals surface area contributed by atoms with E-state index in [9.17, 15) is 17.6 Å². The second-order valence-electron chi connectivity index (χ2n) is 10.3. The van der Waals surface area contributed by atoms with Gasteiger partial charge in [0, 0.05) is 0 Å². The summed E-state index contributed by atoms with van der Waals surface area (Å²) in [6, 6.07) is 0. The average Bonchev–Trinajstić information content (AvgIpc) is 2.73. The third-order valence-corrected chi connectivity index (χ3v) is 8.33. The summed E-state index contributed by atoms with van der Waals surface area (Å²) in [7, 11) is 0. The molecule has 3 aliphatic carbocycles. The zero-order chi connectivity index (χ0) is 22.4. The summed E-state index contributed by atoms with van der Waals surface area (Å²) in [5, 5.41) is 0. The molecule has 0 aromatic heterocycles. The van der Waals surface area contributed by atoms with Crippen LogP contribution in [0.2, 0.25) is 0 Å². The highest BCUT2D eigenvalue weighted by atomic mass is 19.3. The normalized spacial score (nSPS) is 41.5. The Labute approximate surface area is 184 Å².